The number of carbonyl (C=O) groups excluding carboxylic acids is 4. The third-order valence-electron chi connectivity index (χ3n) is 3.65. The fourth-order valence-corrected chi connectivity index (χ4v) is 2.41. The van der Waals surface area contributed by atoms with Gasteiger partial charge in [0.15, 0.2) is 0 Å². The summed E-state index contributed by atoms with van der Waals surface area (Å²) in [5.41, 5.74) is 0. The monoisotopic (exact) mass is 294 g/mol. The lowest BCUT2D eigenvalue weighted by Gasteiger charge is -2.15. The highest BCUT2D eigenvalue weighted by molar-refractivity contribution is 6.00. The predicted octanol–water partition coefficient (Wildman–Crippen LogP) is 0.977. The van der Waals surface area contributed by atoms with E-state index in [1.165, 1.54) is 6.08 Å². The number of carbonyl (C=O) groups is 4. The maximum atomic E-state index is 11.7. The van der Waals surface area contributed by atoms with Gasteiger partial charge in [0.1, 0.15) is 11.6 Å². The standard InChI is InChI=1S/C15H18O6/c16-12(3-1-10-2-4-14(18)21-9-10)8-13(17)7-11-5-6-20-15(11)19/h2,4,10-11H,1,3,5-9H2/t10?,11-/m1/s1. The van der Waals surface area contributed by atoms with Gasteiger partial charge in [0.25, 0.3) is 0 Å². The van der Waals surface area contributed by atoms with E-state index in [0.29, 0.717) is 19.4 Å². The Labute approximate surface area is 122 Å². The summed E-state index contributed by atoms with van der Waals surface area (Å²) in [6, 6.07) is 0. The van der Waals surface area contributed by atoms with Crippen molar-refractivity contribution in [2.45, 2.75) is 32.1 Å². The second kappa shape index (κ2) is 7.15. The van der Waals surface area contributed by atoms with Crippen LogP contribution in [0.3, 0.4) is 0 Å². The van der Waals surface area contributed by atoms with Crippen molar-refractivity contribution in [2.24, 2.45) is 11.8 Å². The Morgan fingerprint density at radius 3 is 2.62 bits per heavy atom. The van der Waals surface area contributed by atoms with E-state index < -0.39 is 0 Å². The first-order chi connectivity index (χ1) is 10.0. The van der Waals surface area contributed by atoms with Gasteiger partial charge in [-0.2, -0.15) is 0 Å². The summed E-state index contributed by atoms with van der Waals surface area (Å²) in [7, 11) is 0. The Hall–Kier alpha value is -1.98. The fraction of sp³-hybridized carbons (Fsp3) is 0.600. The van der Waals surface area contributed by atoms with Crippen molar-refractivity contribution in [1.82, 2.24) is 0 Å². The van der Waals surface area contributed by atoms with E-state index in [9.17, 15) is 19.2 Å². The van der Waals surface area contributed by atoms with E-state index >= 15 is 0 Å². The maximum absolute atomic E-state index is 11.7. The van der Waals surface area contributed by atoms with Crippen LogP contribution >= 0.6 is 0 Å². The normalized spacial score (nSPS) is 24.6. The Morgan fingerprint density at radius 1 is 1.19 bits per heavy atom. The van der Waals surface area contributed by atoms with Crippen LogP contribution in [0.4, 0.5) is 0 Å². The molecule has 2 aliphatic heterocycles. The van der Waals surface area contributed by atoms with Gasteiger partial charge in [0.05, 0.1) is 25.6 Å². The number of hydrogen-bond acceptors (Lipinski definition) is 6. The maximum Gasteiger partial charge on any atom is 0.330 e. The van der Waals surface area contributed by atoms with Crippen LogP contribution in [0.15, 0.2) is 12.2 Å². The average Bonchev–Trinajstić information content (AvgIpc) is 2.83. The molecule has 0 N–H and O–H groups in total. The Bertz CT molecular complexity index is 479. The van der Waals surface area contributed by atoms with Crippen LogP contribution < -0.4 is 0 Å². The highest BCUT2D eigenvalue weighted by atomic mass is 16.5. The Balaban J connectivity index is 1.67. The molecule has 2 aliphatic rings. The SMILES string of the molecule is O=C(CCC1C=CC(=O)OC1)CC(=O)C[C@H]1CCOC1=O. The first kappa shape index (κ1) is 15.4. The van der Waals surface area contributed by atoms with Crippen molar-refractivity contribution in [3.05, 3.63) is 12.2 Å². The third-order valence-corrected chi connectivity index (χ3v) is 3.65. The molecule has 0 aromatic carbocycles. The van der Waals surface area contributed by atoms with Crippen molar-refractivity contribution in [1.29, 1.82) is 0 Å². The lowest BCUT2D eigenvalue weighted by Crippen LogP contribution is -2.19. The molecule has 0 amide bonds. The van der Waals surface area contributed by atoms with Crippen LogP contribution in [0.5, 0.6) is 0 Å². The highest BCUT2D eigenvalue weighted by Gasteiger charge is 2.29. The number of rotatable bonds is 7. The molecule has 0 aromatic rings. The van der Waals surface area contributed by atoms with Crippen LogP contribution in [-0.4, -0.2) is 36.7 Å². The molecule has 6 nitrogen and oxygen atoms in total. The molecule has 21 heavy (non-hydrogen) atoms. The van der Waals surface area contributed by atoms with Crippen molar-refractivity contribution in [3.8, 4) is 0 Å². The second-order valence-corrected chi connectivity index (χ2v) is 5.40. The minimum atomic E-state index is -0.383. The summed E-state index contributed by atoms with van der Waals surface area (Å²) in [5.74, 6) is -1.41. The predicted molar refractivity (Wildman–Crippen MR) is 71.1 cm³/mol. The molecule has 0 aromatic heterocycles. The number of ketones is 2. The summed E-state index contributed by atoms with van der Waals surface area (Å²) < 4.78 is 9.63. The Kier molecular flexibility index (Phi) is 5.25. The van der Waals surface area contributed by atoms with Gasteiger partial charge in [0.2, 0.25) is 0 Å². The van der Waals surface area contributed by atoms with Crippen LogP contribution in [0.1, 0.15) is 32.1 Å². The van der Waals surface area contributed by atoms with Crippen molar-refractivity contribution in [3.63, 3.8) is 0 Å². The van der Waals surface area contributed by atoms with Crippen molar-refractivity contribution in [2.75, 3.05) is 13.2 Å². The number of Topliss-reactive ketones (excluding diaryl/α,β-unsaturated/α-hetero) is 2. The van der Waals surface area contributed by atoms with Crippen LogP contribution in [0, 0.1) is 11.8 Å². The van der Waals surface area contributed by atoms with Crippen molar-refractivity contribution < 1.29 is 28.7 Å². The van der Waals surface area contributed by atoms with Gasteiger partial charge in [-0.25, -0.2) is 4.79 Å². The zero-order valence-electron chi connectivity index (χ0n) is 11.7. The molecule has 1 saturated heterocycles. The molecule has 0 bridgehead atoms. The number of cyclic esters (lactones) is 2. The zero-order valence-corrected chi connectivity index (χ0v) is 11.7. The van der Waals surface area contributed by atoms with Gasteiger partial charge in [-0.1, -0.05) is 6.08 Å². The molecule has 2 atom stereocenters. The minimum Gasteiger partial charge on any atom is -0.465 e. The molecule has 1 fully saturated rings. The van der Waals surface area contributed by atoms with E-state index in [2.05, 4.69) is 0 Å². The summed E-state index contributed by atoms with van der Waals surface area (Å²) in [6.45, 7) is 0.641. The molecule has 0 radical (unpaired) electrons. The lowest BCUT2D eigenvalue weighted by molar-refractivity contribution is -0.143. The molecule has 114 valence electrons. The summed E-state index contributed by atoms with van der Waals surface area (Å²) in [4.78, 5) is 45.6. The van der Waals surface area contributed by atoms with E-state index in [4.69, 9.17) is 9.47 Å². The van der Waals surface area contributed by atoms with E-state index in [1.54, 1.807) is 6.08 Å². The lowest BCUT2D eigenvalue weighted by atomic mass is 9.95. The zero-order chi connectivity index (χ0) is 15.2. The number of ether oxygens (including phenoxy) is 2. The van der Waals surface area contributed by atoms with Gasteiger partial charge < -0.3 is 9.47 Å². The summed E-state index contributed by atoms with van der Waals surface area (Å²) in [6.07, 6.45) is 4.42. The largest absolute Gasteiger partial charge is 0.465 e. The third kappa shape index (κ3) is 4.81. The second-order valence-electron chi connectivity index (χ2n) is 5.40. The van der Waals surface area contributed by atoms with Crippen LogP contribution in [0.2, 0.25) is 0 Å². The van der Waals surface area contributed by atoms with Gasteiger partial charge in [-0.3, -0.25) is 14.4 Å². The number of hydrogen-bond donors (Lipinski definition) is 0. The average molecular weight is 294 g/mol. The molecule has 2 heterocycles. The first-order valence-electron chi connectivity index (χ1n) is 7.09. The van der Waals surface area contributed by atoms with Gasteiger partial charge in [0, 0.05) is 24.8 Å². The number of esters is 2. The molecular weight excluding hydrogens is 276 g/mol. The molecule has 0 spiro atoms. The fourth-order valence-electron chi connectivity index (χ4n) is 2.41. The quantitative estimate of drug-likeness (QED) is 0.514. The molecule has 1 unspecified atom stereocenters. The van der Waals surface area contributed by atoms with Crippen LogP contribution in [0.25, 0.3) is 0 Å². The molecule has 0 aliphatic carbocycles. The topological polar surface area (TPSA) is 86.7 Å². The molecular formula is C15H18O6. The van der Waals surface area contributed by atoms with Gasteiger partial charge in [-0.15, -0.1) is 0 Å². The molecule has 2 rings (SSSR count). The van der Waals surface area contributed by atoms with Gasteiger partial charge in [-0.05, 0) is 12.8 Å². The summed E-state index contributed by atoms with van der Waals surface area (Å²) in [5, 5.41) is 0. The van der Waals surface area contributed by atoms with E-state index in [-0.39, 0.29) is 61.2 Å². The molecule has 0 saturated carbocycles. The smallest absolute Gasteiger partial charge is 0.330 e. The van der Waals surface area contributed by atoms with Crippen LogP contribution in [-0.2, 0) is 28.7 Å². The summed E-state index contributed by atoms with van der Waals surface area (Å²) >= 11 is 0. The first-order valence-corrected chi connectivity index (χ1v) is 7.09. The van der Waals surface area contributed by atoms with E-state index in [0.717, 1.165) is 0 Å². The van der Waals surface area contributed by atoms with Gasteiger partial charge >= 0.3 is 11.9 Å². The minimum absolute atomic E-state index is 0.0339. The van der Waals surface area contributed by atoms with E-state index in [1.807, 2.05) is 0 Å². The van der Waals surface area contributed by atoms with Crippen molar-refractivity contribution >= 4 is 23.5 Å². The Morgan fingerprint density at radius 2 is 2.00 bits per heavy atom. The highest BCUT2D eigenvalue weighted by Crippen LogP contribution is 2.20. The molecule has 6 heteroatoms.